The number of carbonyl (C=O) groups is 1. The quantitative estimate of drug-likeness (QED) is 0.668. The molecule has 0 fully saturated rings. The Morgan fingerprint density at radius 1 is 1.29 bits per heavy atom. The molecule has 0 bridgehead atoms. The van der Waals surface area contributed by atoms with Crippen LogP contribution in [-0.4, -0.2) is 20.6 Å². The van der Waals surface area contributed by atoms with Crippen molar-refractivity contribution in [2.75, 3.05) is 0 Å². The monoisotopic (exact) mass is 380 g/mol. The minimum absolute atomic E-state index is 0.0109. The maximum atomic E-state index is 11.3. The van der Waals surface area contributed by atoms with E-state index in [1.165, 1.54) is 18.4 Å². The average molecular weight is 380 g/mol. The number of ether oxygens (including phenoxy) is 1. The number of aliphatic carboxylic acids is 1. The van der Waals surface area contributed by atoms with Gasteiger partial charge in [0.25, 0.3) is 0 Å². The van der Waals surface area contributed by atoms with Gasteiger partial charge in [0, 0.05) is 25.9 Å². The molecule has 1 aliphatic rings. The van der Waals surface area contributed by atoms with Gasteiger partial charge in [-0.1, -0.05) is 12.1 Å². The number of hydrogen-bond donors (Lipinski definition) is 1. The molecule has 6 nitrogen and oxygen atoms in total. The summed E-state index contributed by atoms with van der Waals surface area (Å²) in [6, 6.07) is 9.66. The number of fused-ring (bicyclic) bond motifs is 1. The molecule has 0 saturated carbocycles. The van der Waals surface area contributed by atoms with Crippen molar-refractivity contribution in [2.45, 2.75) is 44.6 Å². The summed E-state index contributed by atoms with van der Waals surface area (Å²) < 4.78 is 13.6. The third-order valence-electron chi connectivity index (χ3n) is 5.26. The number of aryl methyl sites for hydroxylation is 3. The normalized spacial score (nSPS) is 14.5. The summed E-state index contributed by atoms with van der Waals surface area (Å²) in [5.41, 5.74) is 2.21. The lowest BCUT2D eigenvalue weighted by molar-refractivity contribution is -0.137. The molecular weight excluding hydrogens is 356 g/mol. The van der Waals surface area contributed by atoms with Gasteiger partial charge in [-0.05, 0) is 48.6 Å². The molecule has 1 atom stereocenters. The molecule has 0 radical (unpaired) electrons. The number of carboxylic acid groups (broad SMARTS) is 1. The SMILES string of the molecule is Cn1ccnc1[C@@H](CC(=O)O)c1ccc(OCc2cc3c(o2)CCCC3)cc1. The van der Waals surface area contributed by atoms with Crippen LogP contribution in [-0.2, 0) is 31.3 Å². The van der Waals surface area contributed by atoms with E-state index in [2.05, 4.69) is 11.1 Å². The molecule has 2 aromatic heterocycles. The van der Waals surface area contributed by atoms with Gasteiger partial charge in [0.2, 0.25) is 0 Å². The predicted octanol–water partition coefficient (Wildman–Crippen LogP) is 4.08. The number of carboxylic acids is 1. The number of furan rings is 1. The Morgan fingerprint density at radius 2 is 2.07 bits per heavy atom. The molecule has 146 valence electrons. The second kappa shape index (κ2) is 7.92. The molecule has 28 heavy (non-hydrogen) atoms. The molecule has 3 aromatic rings. The number of hydrogen-bond acceptors (Lipinski definition) is 4. The second-order valence-electron chi connectivity index (χ2n) is 7.27. The highest BCUT2D eigenvalue weighted by atomic mass is 16.5. The Bertz CT molecular complexity index is 932. The highest BCUT2D eigenvalue weighted by molar-refractivity contribution is 5.68. The number of aromatic nitrogens is 2. The third kappa shape index (κ3) is 3.96. The molecule has 1 aromatic carbocycles. The molecule has 1 N–H and O–H groups in total. The third-order valence-corrected chi connectivity index (χ3v) is 5.26. The van der Waals surface area contributed by atoms with E-state index in [-0.39, 0.29) is 12.3 Å². The summed E-state index contributed by atoms with van der Waals surface area (Å²) in [6.45, 7) is 0.393. The van der Waals surface area contributed by atoms with E-state index in [4.69, 9.17) is 9.15 Å². The van der Waals surface area contributed by atoms with Crippen molar-refractivity contribution < 1.29 is 19.1 Å². The fourth-order valence-electron chi connectivity index (χ4n) is 3.82. The number of imidazole rings is 1. The Kier molecular flexibility index (Phi) is 5.19. The number of rotatable bonds is 7. The Hall–Kier alpha value is -3.02. The molecule has 0 aliphatic heterocycles. The average Bonchev–Trinajstić information content (AvgIpc) is 3.30. The minimum Gasteiger partial charge on any atom is -0.486 e. The van der Waals surface area contributed by atoms with E-state index in [1.807, 2.05) is 42.1 Å². The summed E-state index contributed by atoms with van der Waals surface area (Å²) in [6.07, 6.45) is 8.02. The molecule has 0 amide bonds. The fraction of sp³-hybridized carbons (Fsp3) is 0.364. The van der Waals surface area contributed by atoms with Gasteiger partial charge < -0.3 is 18.8 Å². The summed E-state index contributed by atoms with van der Waals surface area (Å²) in [7, 11) is 1.87. The first-order chi connectivity index (χ1) is 13.6. The van der Waals surface area contributed by atoms with Gasteiger partial charge in [0.1, 0.15) is 29.7 Å². The zero-order valence-electron chi connectivity index (χ0n) is 15.9. The van der Waals surface area contributed by atoms with Crippen LogP contribution < -0.4 is 4.74 Å². The molecule has 6 heteroatoms. The van der Waals surface area contributed by atoms with Crippen molar-refractivity contribution in [1.29, 1.82) is 0 Å². The van der Waals surface area contributed by atoms with Crippen molar-refractivity contribution >= 4 is 5.97 Å². The lowest BCUT2D eigenvalue weighted by Crippen LogP contribution is -2.12. The van der Waals surface area contributed by atoms with Crippen LogP contribution in [0.3, 0.4) is 0 Å². The second-order valence-corrected chi connectivity index (χ2v) is 7.27. The standard InChI is InChI=1S/C22H24N2O4/c1-24-11-10-23-22(24)19(13-21(25)26)15-6-8-17(9-7-15)27-14-18-12-16-4-2-3-5-20(16)28-18/h6-12,19H,2-5,13-14H2,1H3,(H,25,26)/t19-/m0/s1. The Balaban J connectivity index is 1.45. The van der Waals surface area contributed by atoms with E-state index in [1.54, 1.807) is 6.20 Å². The summed E-state index contributed by atoms with van der Waals surface area (Å²) in [4.78, 5) is 15.7. The van der Waals surface area contributed by atoms with Crippen LogP contribution >= 0.6 is 0 Å². The van der Waals surface area contributed by atoms with E-state index in [9.17, 15) is 9.90 Å². The predicted molar refractivity (Wildman–Crippen MR) is 103 cm³/mol. The zero-order valence-corrected chi connectivity index (χ0v) is 15.9. The molecule has 0 saturated heterocycles. The Morgan fingerprint density at radius 3 is 2.75 bits per heavy atom. The molecule has 0 spiro atoms. The van der Waals surface area contributed by atoms with E-state index in [0.29, 0.717) is 6.61 Å². The maximum Gasteiger partial charge on any atom is 0.304 e. The van der Waals surface area contributed by atoms with Gasteiger partial charge in [-0.3, -0.25) is 4.79 Å². The molecule has 1 aliphatic carbocycles. The van der Waals surface area contributed by atoms with Crippen LogP contribution in [0, 0.1) is 0 Å². The van der Waals surface area contributed by atoms with Gasteiger partial charge in [-0.25, -0.2) is 4.98 Å². The van der Waals surface area contributed by atoms with E-state index < -0.39 is 5.97 Å². The highest BCUT2D eigenvalue weighted by Gasteiger charge is 2.22. The number of benzene rings is 1. The van der Waals surface area contributed by atoms with E-state index in [0.717, 1.165) is 41.5 Å². The van der Waals surface area contributed by atoms with Gasteiger partial charge >= 0.3 is 5.97 Å². The molecule has 0 unspecified atom stereocenters. The first-order valence-electron chi connectivity index (χ1n) is 9.62. The Labute approximate surface area is 163 Å². The summed E-state index contributed by atoms with van der Waals surface area (Å²) in [5.74, 6) is 2.27. The first-order valence-corrected chi connectivity index (χ1v) is 9.62. The summed E-state index contributed by atoms with van der Waals surface area (Å²) in [5, 5.41) is 9.30. The van der Waals surface area contributed by atoms with E-state index >= 15 is 0 Å². The van der Waals surface area contributed by atoms with Crippen molar-refractivity contribution in [1.82, 2.24) is 9.55 Å². The minimum atomic E-state index is -0.852. The fourth-order valence-corrected chi connectivity index (χ4v) is 3.82. The molecular formula is C22H24N2O4. The van der Waals surface area contributed by atoms with Gasteiger partial charge in [0.05, 0.1) is 12.3 Å². The highest BCUT2D eigenvalue weighted by Crippen LogP contribution is 2.29. The topological polar surface area (TPSA) is 77.5 Å². The van der Waals surface area contributed by atoms with Gasteiger partial charge in [0.15, 0.2) is 0 Å². The van der Waals surface area contributed by atoms with Crippen LogP contribution in [0.25, 0.3) is 0 Å². The largest absolute Gasteiger partial charge is 0.486 e. The first kappa shape index (κ1) is 18.3. The van der Waals surface area contributed by atoms with Crippen molar-refractivity contribution in [3.8, 4) is 5.75 Å². The number of nitrogens with zero attached hydrogens (tertiary/aromatic N) is 2. The van der Waals surface area contributed by atoms with Gasteiger partial charge in [-0.2, -0.15) is 0 Å². The van der Waals surface area contributed by atoms with Crippen molar-refractivity contribution in [2.24, 2.45) is 7.05 Å². The zero-order chi connectivity index (χ0) is 19.5. The maximum absolute atomic E-state index is 11.3. The van der Waals surface area contributed by atoms with Crippen LogP contribution in [0.1, 0.15) is 53.7 Å². The van der Waals surface area contributed by atoms with Crippen LogP contribution in [0.5, 0.6) is 5.75 Å². The van der Waals surface area contributed by atoms with Crippen LogP contribution in [0.2, 0.25) is 0 Å². The van der Waals surface area contributed by atoms with Crippen molar-refractivity contribution in [3.05, 3.63) is 71.2 Å². The lowest BCUT2D eigenvalue weighted by atomic mass is 9.94. The van der Waals surface area contributed by atoms with Crippen LogP contribution in [0.4, 0.5) is 0 Å². The lowest BCUT2D eigenvalue weighted by Gasteiger charge is -2.16. The summed E-state index contributed by atoms with van der Waals surface area (Å²) >= 11 is 0. The van der Waals surface area contributed by atoms with Crippen molar-refractivity contribution in [3.63, 3.8) is 0 Å². The van der Waals surface area contributed by atoms with Crippen LogP contribution in [0.15, 0.2) is 47.1 Å². The smallest absolute Gasteiger partial charge is 0.304 e. The molecule has 2 heterocycles. The van der Waals surface area contributed by atoms with Gasteiger partial charge in [-0.15, -0.1) is 0 Å². The molecule has 4 rings (SSSR count).